The van der Waals surface area contributed by atoms with Crippen LogP contribution in [0.2, 0.25) is 0 Å². The lowest BCUT2D eigenvalue weighted by Crippen LogP contribution is -2.54. The highest BCUT2D eigenvalue weighted by Crippen LogP contribution is 2.30. The normalized spacial score (nSPS) is 14.9. The number of amides is 2. The first kappa shape index (κ1) is 29.4. The summed E-state index contributed by atoms with van der Waals surface area (Å²) in [7, 11) is -3.89. The van der Waals surface area contributed by atoms with Gasteiger partial charge in [-0.3, -0.25) is 13.9 Å². The third-order valence-electron chi connectivity index (χ3n) is 6.72. The van der Waals surface area contributed by atoms with Crippen LogP contribution in [0.25, 0.3) is 0 Å². The number of halogens is 1. The Morgan fingerprint density at radius 2 is 1.71 bits per heavy atom. The van der Waals surface area contributed by atoms with Crippen LogP contribution in [-0.2, 0) is 26.2 Å². The van der Waals surface area contributed by atoms with E-state index in [9.17, 15) is 22.4 Å². The summed E-state index contributed by atoms with van der Waals surface area (Å²) in [5, 5.41) is 3.10. The number of para-hydroxylation sites is 2. The summed E-state index contributed by atoms with van der Waals surface area (Å²) in [5.74, 6) is -0.892. The maximum Gasteiger partial charge on any atom is 0.244 e. The topological polar surface area (TPSA) is 96.0 Å². The Labute approximate surface area is 225 Å². The summed E-state index contributed by atoms with van der Waals surface area (Å²) in [5.41, 5.74) is 0.871. The van der Waals surface area contributed by atoms with Gasteiger partial charge in [0.25, 0.3) is 0 Å². The van der Waals surface area contributed by atoms with Crippen molar-refractivity contribution in [2.45, 2.75) is 71.0 Å². The molecular formula is C28H38FN3O5S. The molecule has 1 aliphatic rings. The molecule has 208 valence electrons. The Balaban J connectivity index is 1.93. The van der Waals surface area contributed by atoms with Crippen LogP contribution in [0.15, 0.2) is 48.5 Å². The van der Waals surface area contributed by atoms with Gasteiger partial charge in [0, 0.05) is 12.6 Å². The summed E-state index contributed by atoms with van der Waals surface area (Å²) in [4.78, 5) is 28.6. The molecule has 8 nitrogen and oxygen atoms in total. The van der Waals surface area contributed by atoms with E-state index < -0.39 is 34.3 Å². The fraction of sp³-hybridized carbons (Fsp3) is 0.500. The van der Waals surface area contributed by atoms with Gasteiger partial charge in [-0.05, 0) is 56.0 Å². The first-order valence-corrected chi connectivity index (χ1v) is 15.0. The largest absolute Gasteiger partial charge is 0.492 e. The van der Waals surface area contributed by atoms with Gasteiger partial charge < -0.3 is 15.0 Å². The molecular weight excluding hydrogens is 509 g/mol. The molecule has 1 fully saturated rings. The van der Waals surface area contributed by atoms with Gasteiger partial charge in [-0.2, -0.15) is 0 Å². The van der Waals surface area contributed by atoms with Crippen molar-refractivity contribution in [3.63, 3.8) is 0 Å². The SMILES string of the molecule is CCOc1ccccc1N(CC(=O)N(Cc1ccc(F)cc1)[C@@H](CC)C(=O)NC1CCCCC1)S(C)(=O)=O. The Kier molecular flexibility index (Phi) is 10.5. The zero-order chi connectivity index (χ0) is 27.7. The standard InChI is InChI=1S/C28H38FN3O5S/c1-4-24(28(34)30-23-11-7-6-8-12-23)31(19-21-15-17-22(29)18-16-21)27(33)20-32(38(3,35)36)25-13-9-10-14-26(25)37-5-2/h9-10,13-18,23-24H,4-8,11-12,19-20H2,1-3H3,(H,30,34)/t24-/m0/s1. The van der Waals surface area contributed by atoms with Crippen molar-refractivity contribution < 1.29 is 27.1 Å². The van der Waals surface area contributed by atoms with Gasteiger partial charge in [0.1, 0.15) is 24.2 Å². The molecule has 0 radical (unpaired) electrons. The fourth-order valence-corrected chi connectivity index (χ4v) is 5.64. The predicted molar refractivity (Wildman–Crippen MR) is 146 cm³/mol. The van der Waals surface area contributed by atoms with Crippen molar-refractivity contribution in [3.05, 3.63) is 59.9 Å². The monoisotopic (exact) mass is 547 g/mol. The van der Waals surface area contributed by atoms with Crippen molar-refractivity contribution in [1.29, 1.82) is 0 Å². The van der Waals surface area contributed by atoms with Gasteiger partial charge in [0.2, 0.25) is 21.8 Å². The molecule has 2 amide bonds. The molecule has 0 heterocycles. The quantitative estimate of drug-likeness (QED) is 0.429. The van der Waals surface area contributed by atoms with Crippen LogP contribution in [0.3, 0.4) is 0 Å². The van der Waals surface area contributed by atoms with Crippen LogP contribution in [0, 0.1) is 5.82 Å². The first-order chi connectivity index (χ1) is 18.1. The van der Waals surface area contributed by atoms with Gasteiger partial charge >= 0.3 is 0 Å². The third kappa shape index (κ3) is 7.93. The number of carbonyl (C=O) groups excluding carboxylic acids is 2. The van der Waals surface area contributed by atoms with E-state index >= 15 is 0 Å². The molecule has 38 heavy (non-hydrogen) atoms. The number of carbonyl (C=O) groups is 2. The molecule has 2 aromatic carbocycles. The maximum atomic E-state index is 13.8. The lowest BCUT2D eigenvalue weighted by atomic mass is 9.95. The van der Waals surface area contributed by atoms with Crippen LogP contribution in [-0.4, -0.2) is 56.6 Å². The van der Waals surface area contributed by atoms with Gasteiger partial charge in [-0.25, -0.2) is 12.8 Å². The second kappa shape index (κ2) is 13.6. The Bertz CT molecular complexity index is 1180. The van der Waals surface area contributed by atoms with E-state index in [2.05, 4.69) is 5.32 Å². The summed E-state index contributed by atoms with van der Waals surface area (Å²) >= 11 is 0. The van der Waals surface area contributed by atoms with Gasteiger partial charge in [-0.15, -0.1) is 0 Å². The molecule has 0 saturated heterocycles. The molecule has 10 heteroatoms. The zero-order valence-electron chi connectivity index (χ0n) is 22.4. The third-order valence-corrected chi connectivity index (χ3v) is 7.84. The Morgan fingerprint density at radius 1 is 1.05 bits per heavy atom. The number of nitrogens with one attached hydrogen (secondary N) is 1. The lowest BCUT2D eigenvalue weighted by molar-refractivity contribution is -0.140. The van der Waals surface area contributed by atoms with E-state index in [1.807, 2.05) is 6.92 Å². The van der Waals surface area contributed by atoms with E-state index in [0.717, 1.165) is 42.7 Å². The lowest BCUT2D eigenvalue weighted by Gasteiger charge is -2.34. The minimum absolute atomic E-state index is 0.0282. The summed E-state index contributed by atoms with van der Waals surface area (Å²) < 4.78 is 45.9. The predicted octanol–water partition coefficient (Wildman–Crippen LogP) is 4.25. The van der Waals surface area contributed by atoms with Gasteiger partial charge in [0.15, 0.2) is 0 Å². The average molecular weight is 548 g/mol. The van der Waals surface area contributed by atoms with E-state index in [0.29, 0.717) is 24.3 Å². The summed E-state index contributed by atoms with van der Waals surface area (Å²) in [6, 6.07) is 11.5. The second-order valence-corrected chi connectivity index (χ2v) is 11.5. The number of rotatable bonds is 12. The molecule has 0 spiro atoms. The van der Waals surface area contributed by atoms with Crippen LogP contribution < -0.4 is 14.4 Å². The molecule has 1 atom stereocenters. The highest BCUT2D eigenvalue weighted by molar-refractivity contribution is 7.92. The van der Waals surface area contributed by atoms with Crippen LogP contribution in [0.4, 0.5) is 10.1 Å². The summed E-state index contributed by atoms with van der Waals surface area (Å²) in [6.45, 7) is 3.43. The molecule has 0 bridgehead atoms. The average Bonchev–Trinajstić information content (AvgIpc) is 2.89. The number of hydrogen-bond acceptors (Lipinski definition) is 5. The zero-order valence-corrected chi connectivity index (χ0v) is 23.2. The molecule has 1 aliphatic carbocycles. The van der Waals surface area contributed by atoms with Crippen molar-refractivity contribution in [2.75, 3.05) is 23.7 Å². The Morgan fingerprint density at radius 3 is 2.32 bits per heavy atom. The minimum atomic E-state index is -3.89. The Hall–Kier alpha value is -3.14. The van der Waals surface area contributed by atoms with E-state index in [1.54, 1.807) is 43.3 Å². The second-order valence-electron chi connectivity index (χ2n) is 9.59. The number of benzene rings is 2. The summed E-state index contributed by atoms with van der Waals surface area (Å²) in [6.07, 6.45) is 6.38. The highest BCUT2D eigenvalue weighted by atomic mass is 32.2. The molecule has 1 N–H and O–H groups in total. The smallest absolute Gasteiger partial charge is 0.244 e. The highest BCUT2D eigenvalue weighted by Gasteiger charge is 2.33. The number of nitrogens with zero attached hydrogens (tertiary/aromatic N) is 2. The van der Waals surface area contributed by atoms with Crippen LogP contribution in [0.1, 0.15) is 57.9 Å². The molecule has 0 unspecified atom stereocenters. The molecule has 0 aliphatic heterocycles. The number of anilines is 1. The van der Waals surface area contributed by atoms with Crippen LogP contribution >= 0.6 is 0 Å². The van der Waals surface area contributed by atoms with E-state index in [4.69, 9.17) is 4.74 Å². The van der Waals surface area contributed by atoms with Gasteiger partial charge in [-0.1, -0.05) is 50.5 Å². The maximum absolute atomic E-state index is 13.8. The number of hydrogen-bond donors (Lipinski definition) is 1. The first-order valence-electron chi connectivity index (χ1n) is 13.2. The van der Waals surface area contributed by atoms with Gasteiger partial charge in [0.05, 0.1) is 18.6 Å². The van der Waals surface area contributed by atoms with E-state index in [1.165, 1.54) is 17.0 Å². The molecule has 0 aromatic heterocycles. The van der Waals surface area contributed by atoms with E-state index in [-0.39, 0.29) is 24.2 Å². The number of sulfonamides is 1. The minimum Gasteiger partial charge on any atom is -0.492 e. The fourth-order valence-electron chi connectivity index (χ4n) is 4.79. The van der Waals surface area contributed by atoms with Crippen molar-refractivity contribution >= 4 is 27.5 Å². The van der Waals surface area contributed by atoms with Crippen molar-refractivity contribution in [2.24, 2.45) is 0 Å². The van der Waals surface area contributed by atoms with Crippen LogP contribution in [0.5, 0.6) is 5.75 Å². The molecule has 2 aromatic rings. The van der Waals surface area contributed by atoms with Crippen molar-refractivity contribution in [1.82, 2.24) is 10.2 Å². The number of ether oxygens (including phenoxy) is 1. The molecule has 3 rings (SSSR count). The van der Waals surface area contributed by atoms with Crippen molar-refractivity contribution in [3.8, 4) is 5.75 Å². The molecule has 1 saturated carbocycles.